The highest BCUT2D eigenvalue weighted by Crippen LogP contribution is 2.50. The lowest BCUT2D eigenvalue weighted by Crippen LogP contribution is -2.58. The van der Waals surface area contributed by atoms with Gasteiger partial charge in [-0.1, -0.05) is 103 Å². The summed E-state index contributed by atoms with van der Waals surface area (Å²) in [5.41, 5.74) is 11.0. The molecule has 5 aromatic carbocycles. The van der Waals surface area contributed by atoms with E-state index in [4.69, 9.17) is 0 Å². The molecule has 5 aromatic rings. The molecule has 7 rings (SSSR count). The Labute approximate surface area is 202 Å². The molecule has 34 heavy (non-hydrogen) atoms. The van der Waals surface area contributed by atoms with E-state index in [1.165, 1.54) is 49.9 Å². The maximum absolute atomic E-state index is 2.76. The van der Waals surface area contributed by atoms with E-state index in [0.717, 1.165) is 12.1 Å². The average molecular weight is 452 g/mol. The standard InChI is InChI=1S/C32H25NSi/c1-4-10-24(11-5-1)26-16-18-31-28(20-26)22-34(30-14-8-3-9-15-30)23-29-21-27(17-19-32(29)33(31)34)25-12-6-2-7-13-25/h1-21H,22-23H2. The molecule has 0 bridgehead atoms. The molecule has 0 fully saturated rings. The van der Waals surface area contributed by atoms with Gasteiger partial charge in [0.05, 0.1) is 0 Å². The van der Waals surface area contributed by atoms with Crippen LogP contribution in [0.15, 0.2) is 127 Å². The normalized spacial score (nSPS) is 15.0. The van der Waals surface area contributed by atoms with Gasteiger partial charge in [0.15, 0.2) is 0 Å². The minimum absolute atomic E-state index is 1.16. The van der Waals surface area contributed by atoms with Crippen LogP contribution in [0.25, 0.3) is 22.3 Å². The fourth-order valence-electron chi connectivity index (χ4n) is 6.03. The number of fused-ring (bicyclic) bond motifs is 5. The molecule has 0 radical (unpaired) electrons. The van der Waals surface area contributed by atoms with Gasteiger partial charge in [-0.25, -0.2) is 0 Å². The van der Waals surface area contributed by atoms with E-state index >= 15 is 0 Å². The quantitative estimate of drug-likeness (QED) is 0.262. The summed E-state index contributed by atoms with van der Waals surface area (Å²) >= 11 is 0. The van der Waals surface area contributed by atoms with E-state index < -0.39 is 8.24 Å². The molecule has 0 atom stereocenters. The number of rotatable bonds is 3. The predicted molar refractivity (Wildman–Crippen MR) is 145 cm³/mol. The van der Waals surface area contributed by atoms with Gasteiger partial charge in [0.2, 0.25) is 8.24 Å². The Morgan fingerprint density at radius 1 is 0.441 bits per heavy atom. The van der Waals surface area contributed by atoms with Gasteiger partial charge in [0.25, 0.3) is 0 Å². The minimum atomic E-state index is -2.00. The monoisotopic (exact) mass is 451 g/mol. The van der Waals surface area contributed by atoms with Crippen LogP contribution >= 0.6 is 0 Å². The zero-order valence-electron chi connectivity index (χ0n) is 19.0. The largest absolute Gasteiger partial charge is 0.363 e. The molecule has 2 heterocycles. The van der Waals surface area contributed by atoms with Crippen molar-refractivity contribution >= 4 is 24.8 Å². The number of nitrogens with zero attached hydrogens (tertiary/aromatic N) is 1. The van der Waals surface area contributed by atoms with E-state index in [-0.39, 0.29) is 0 Å². The first-order valence-electron chi connectivity index (χ1n) is 12.0. The first kappa shape index (κ1) is 19.6. The second-order valence-corrected chi connectivity index (χ2v) is 13.3. The number of hydrogen-bond acceptors (Lipinski definition) is 1. The highest BCUT2D eigenvalue weighted by atomic mass is 28.3. The molecule has 2 aliphatic heterocycles. The van der Waals surface area contributed by atoms with Gasteiger partial charge >= 0.3 is 0 Å². The number of hydrogen-bond donors (Lipinski definition) is 0. The highest BCUT2D eigenvalue weighted by molar-refractivity contribution is 6.97. The van der Waals surface area contributed by atoms with Crippen molar-refractivity contribution in [1.29, 1.82) is 0 Å². The van der Waals surface area contributed by atoms with Crippen molar-refractivity contribution in [2.45, 2.75) is 12.1 Å². The summed E-state index contributed by atoms with van der Waals surface area (Å²) in [5.74, 6) is 0. The fraction of sp³-hybridized carbons (Fsp3) is 0.0625. The van der Waals surface area contributed by atoms with Gasteiger partial charge < -0.3 is 4.57 Å². The van der Waals surface area contributed by atoms with E-state index in [2.05, 4.69) is 132 Å². The molecule has 0 amide bonds. The van der Waals surface area contributed by atoms with Crippen LogP contribution in [0.1, 0.15) is 11.1 Å². The van der Waals surface area contributed by atoms with Crippen LogP contribution in [0.5, 0.6) is 0 Å². The Morgan fingerprint density at radius 2 is 0.882 bits per heavy atom. The summed E-state index contributed by atoms with van der Waals surface area (Å²) in [6.45, 7) is 0. The lowest BCUT2D eigenvalue weighted by molar-refractivity contribution is 1.31. The summed E-state index contributed by atoms with van der Waals surface area (Å²) in [7, 11) is -2.00. The van der Waals surface area contributed by atoms with E-state index in [9.17, 15) is 0 Å². The zero-order valence-corrected chi connectivity index (χ0v) is 20.0. The van der Waals surface area contributed by atoms with Crippen LogP contribution < -0.4 is 9.75 Å². The van der Waals surface area contributed by atoms with Crippen molar-refractivity contribution in [2.75, 3.05) is 4.57 Å². The lowest BCUT2D eigenvalue weighted by atomic mass is 10.0. The minimum Gasteiger partial charge on any atom is -0.363 e. The Hall–Kier alpha value is -3.88. The molecule has 0 unspecified atom stereocenters. The molecular weight excluding hydrogens is 426 g/mol. The molecule has 2 heteroatoms. The van der Waals surface area contributed by atoms with Gasteiger partial charge in [-0.2, -0.15) is 0 Å². The van der Waals surface area contributed by atoms with Gasteiger partial charge in [0.1, 0.15) is 0 Å². The van der Waals surface area contributed by atoms with Gasteiger partial charge in [-0.3, -0.25) is 0 Å². The third-order valence-electron chi connectivity index (χ3n) is 7.56. The average Bonchev–Trinajstić information content (AvgIpc) is 3.41. The molecule has 0 saturated carbocycles. The molecule has 162 valence electrons. The summed E-state index contributed by atoms with van der Waals surface area (Å²) < 4.78 is 2.76. The molecule has 0 spiro atoms. The first-order valence-corrected chi connectivity index (χ1v) is 14.4. The maximum Gasteiger partial charge on any atom is 0.202 e. The topological polar surface area (TPSA) is 3.24 Å². The van der Waals surface area contributed by atoms with Crippen LogP contribution in [0.3, 0.4) is 0 Å². The molecule has 0 aliphatic carbocycles. The van der Waals surface area contributed by atoms with Crippen molar-refractivity contribution in [3.05, 3.63) is 139 Å². The summed E-state index contributed by atoms with van der Waals surface area (Å²) in [6.07, 6.45) is 0. The maximum atomic E-state index is 2.76. The predicted octanol–water partition coefficient (Wildman–Crippen LogP) is 7.20. The summed E-state index contributed by atoms with van der Waals surface area (Å²) in [5, 5.41) is 1.53. The van der Waals surface area contributed by atoms with Crippen molar-refractivity contribution < 1.29 is 0 Å². The number of benzene rings is 5. The van der Waals surface area contributed by atoms with Crippen molar-refractivity contribution in [1.82, 2.24) is 0 Å². The third-order valence-corrected chi connectivity index (χ3v) is 12.2. The Balaban J connectivity index is 1.39. The highest BCUT2D eigenvalue weighted by Gasteiger charge is 2.53. The summed E-state index contributed by atoms with van der Waals surface area (Å²) in [6, 6.07) is 49.4. The lowest BCUT2D eigenvalue weighted by Gasteiger charge is -2.32. The Kier molecular flexibility index (Phi) is 4.36. The molecule has 0 N–H and O–H groups in total. The molecular formula is C32H25NSi. The summed E-state index contributed by atoms with van der Waals surface area (Å²) in [4.78, 5) is 0. The van der Waals surface area contributed by atoms with E-state index in [1.54, 1.807) is 0 Å². The van der Waals surface area contributed by atoms with Crippen molar-refractivity contribution in [3.63, 3.8) is 0 Å². The molecule has 1 nitrogen and oxygen atoms in total. The third kappa shape index (κ3) is 2.92. The molecule has 2 aliphatic rings. The Morgan fingerprint density at radius 3 is 1.35 bits per heavy atom. The van der Waals surface area contributed by atoms with Crippen molar-refractivity contribution in [3.8, 4) is 22.3 Å². The van der Waals surface area contributed by atoms with Gasteiger partial charge in [0, 0.05) is 11.4 Å². The first-order chi connectivity index (χ1) is 16.8. The van der Waals surface area contributed by atoms with Crippen molar-refractivity contribution in [2.24, 2.45) is 0 Å². The molecule has 0 saturated heterocycles. The van der Waals surface area contributed by atoms with Crippen LogP contribution in [0.2, 0.25) is 0 Å². The SMILES string of the molecule is c1ccc(-c2ccc3c(c2)C[Si]2(c4ccccc4)Cc4cc(-c5ccccc5)ccc4N32)cc1. The second-order valence-electron chi connectivity index (χ2n) is 9.51. The van der Waals surface area contributed by atoms with Crippen LogP contribution in [-0.2, 0) is 12.1 Å². The second kappa shape index (κ2) is 7.58. The smallest absolute Gasteiger partial charge is 0.202 e. The fourth-order valence-corrected chi connectivity index (χ4v) is 11.1. The van der Waals surface area contributed by atoms with Crippen LogP contribution in [-0.4, -0.2) is 8.24 Å². The van der Waals surface area contributed by atoms with Gasteiger partial charge in [-0.15, -0.1) is 0 Å². The molecule has 0 aromatic heterocycles. The van der Waals surface area contributed by atoms with Crippen LogP contribution in [0.4, 0.5) is 11.4 Å². The zero-order chi connectivity index (χ0) is 22.5. The van der Waals surface area contributed by atoms with Crippen LogP contribution in [0, 0.1) is 0 Å². The number of anilines is 2. The van der Waals surface area contributed by atoms with E-state index in [1.807, 2.05) is 0 Å². The Bertz CT molecular complexity index is 1400. The van der Waals surface area contributed by atoms with Gasteiger partial charge in [-0.05, 0) is 74.9 Å². The van der Waals surface area contributed by atoms with E-state index in [0.29, 0.717) is 0 Å².